The monoisotopic (exact) mass is 230 g/mol. The maximum Gasteiger partial charge on any atom is 0.306 e. The number of ether oxygens (including phenoxy) is 1. The van der Waals surface area contributed by atoms with E-state index in [1.807, 2.05) is 18.7 Å². The lowest BCUT2D eigenvalue weighted by atomic mass is 9.91. The van der Waals surface area contributed by atoms with Crippen molar-refractivity contribution in [1.82, 2.24) is 0 Å². The van der Waals surface area contributed by atoms with Gasteiger partial charge in [0, 0.05) is 11.0 Å². The molecule has 0 amide bonds. The lowest BCUT2D eigenvalue weighted by Crippen LogP contribution is -2.15. The summed E-state index contributed by atoms with van der Waals surface area (Å²) in [6, 6.07) is 0. The summed E-state index contributed by atoms with van der Waals surface area (Å²) in [6.45, 7) is 4.69. The Bertz CT molecular complexity index is 186. The van der Waals surface area contributed by atoms with Gasteiger partial charge in [0.15, 0.2) is 0 Å². The first-order valence-electron chi connectivity index (χ1n) is 5.99. The van der Waals surface area contributed by atoms with Crippen LogP contribution in [0.5, 0.6) is 0 Å². The van der Waals surface area contributed by atoms with Crippen LogP contribution in [-0.2, 0) is 9.53 Å². The molecule has 0 atom stereocenters. The first-order chi connectivity index (χ1) is 7.22. The summed E-state index contributed by atoms with van der Waals surface area (Å²) in [5.74, 6) is 1.79. The van der Waals surface area contributed by atoms with Gasteiger partial charge in [-0.3, -0.25) is 4.79 Å². The lowest BCUT2D eigenvalue weighted by molar-refractivity contribution is -0.142. The summed E-state index contributed by atoms with van der Waals surface area (Å²) < 4.78 is 4.90. The van der Waals surface area contributed by atoms with E-state index >= 15 is 0 Å². The molecule has 88 valence electrons. The quantitative estimate of drug-likeness (QED) is 0.678. The average Bonchev–Trinajstić information content (AvgIpc) is 2.21. The Hall–Kier alpha value is -0.180. The summed E-state index contributed by atoms with van der Waals surface area (Å²) in [5, 5.41) is 0.788. The first-order valence-corrected chi connectivity index (χ1v) is 7.04. The average molecular weight is 230 g/mol. The minimum Gasteiger partial charge on any atom is -0.466 e. The second kappa shape index (κ2) is 7.15. The van der Waals surface area contributed by atoms with Gasteiger partial charge in [-0.15, -0.1) is 0 Å². The topological polar surface area (TPSA) is 26.3 Å². The molecule has 2 nitrogen and oxygen atoms in total. The van der Waals surface area contributed by atoms with Gasteiger partial charge in [0.2, 0.25) is 0 Å². The molecule has 0 aromatic carbocycles. The van der Waals surface area contributed by atoms with Crippen molar-refractivity contribution in [2.24, 2.45) is 5.92 Å². The van der Waals surface area contributed by atoms with Crippen molar-refractivity contribution in [3.05, 3.63) is 0 Å². The molecular formula is C12H22O2S. The van der Waals surface area contributed by atoms with E-state index in [0.717, 1.165) is 16.9 Å². The van der Waals surface area contributed by atoms with Crippen molar-refractivity contribution in [1.29, 1.82) is 0 Å². The highest BCUT2D eigenvalue weighted by molar-refractivity contribution is 7.99. The normalized spacial score (nSPS) is 26.3. The number of carbonyl (C=O) groups excluding carboxylic acids is 1. The fourth-order valence-electron chi connectivity index (χ4n) is 1.94. The predicted octanol–water partition coefficient (Wildman–Crippen LogP) is 3.25. The smallest absolute Gasteiger partial charge is 0.306 e. The summed E-state index contributed by atoms with van der Waals surface area (Å²) >= 11 is 1.95. The molecule has 3 heteroatoms. The van der Waals surface area contributed by atoms with Gasteiger partial charge in [-0.1, -0.05) is 6.92 Å². The van der Waals surface area contributed by atoms with Crippen LogP contribution < -0.4 is 0 Å². The Labute approximate surface area is 97.1 Å². The van der Waals surface area contributed by atoms with E-state index in [9.17, 15) is 4.79 Å². The molecule has 0 unspecified atom stereocenters. The van der Waals surface area contributed by atoms with Gasteiger partial charge < -0.3 is 4.74 Å². The fraction of sp³-hybridized carbons (Fsp3) is 0.917. The molecule has 1 rings (SSSR count). The van der Waals surface area contributed by atoms with Gasteiger partial charge in [0.1, 0.15) is 0 Å². The maximum atomic E-state index is 11.1. The zero-order chi connectivity index (χ0) is 11.1. The van der Waals surface area contributed by atoms with Crippen LogP contribution in [0, 0.1) is 5.92 Å². The molecule has 0 N–H and O–H groups in total. The van der Waals surface area contributed by atoms with Gasteiger partial charge in [-0.25, -0.2) is 0 Å². The first kappa shape index (κ1) is 12.9. The van der Waals surface area contributed by atoms with E-state index in [-0.39, 0.29) is 5.97 Å². The molecule has 0 aromatic rings. The van der Waals surface area contributed by atoms with Gasteiger partial charge in [0.05, 0.1) is 13.0 Å². The van der Waals surface area contributed by atoms with Gasteiger partial charge >= 0.3 is 5.97 Å². The van der Waals surface area contributed by atoms with Crippen LogP contribution in [0.3, 0.4) is 0 Å². The van der Waals surface area contributed by atoms with Crippen LogP contribution in [0.1, 0.15) is 46.0 Å². The molecule has 0 spiro atoms. The van der Waals surface area contributed by atoms with Crippen LogP contribution in [0.4, 0.5) is 0 Å². The van der Waals surface area contributed by atoms with Crippen molar-refractivity contribution in [3.8, 4) is 0 Å². The predicted molar refractivity (Wildman–Crippen MR) is 65.1 cm³/mol. The molecular weight excluding hydrogens is 208 g/mol. The summed E-state index contributed by atoms with van der Waals surface area (Å²) in [4.78, 5) is 11.1. The van der Waals surface area contributed by atoms with Crippen molar-refractivity contribution >= 4 is 17.7 Å². The van der Waals surface area contributed by atoms with Crippen LogP contribution in [0.2, 0.25) is 0 Å². The zero-order valence-corrected chi connectivity index (χ0v) is 10.6. The lowest BCUT2D eigenvalue weighted by Gasteiger charge is -2.25. The number of rotatable bonds is 5. The second-order valence-electron chi connectivity index (χ2n) is 4.31. The highest BCUT2D eigenvalue weighted by Gasteiger charge is 2.18. The summed E-state index contributed by atoms with van der Waals surface area (Å²) in [7, 11) is 0. The third-order valence-electron chi connectivity index (χ3n) is 2.93. The molecule has 1 aliphatic rings. The molecule has 0 radical (unpaired) electrons. The minimum absolute atomic E-state index is 0.0471. The Morgan fingerprint density at radius 3 is 2.60 bits per heavy atom. The SMILES string of the molecule is CCOC(=O)CCSC1CCC(C)CC1. The Morgan fingerprint density at radius 1 is 1.33 bits per heavy atom. The molecule has 0 aliphatic heterocycles. The van der Waals surface area contributed by atoms with Crippen LogP contribution in [-0.4, -0.2) is 23.6 Å². The number of hydrogen-bond acceptors (Lipinski definition) is 3. The van der Waals surface area contributed by atoms with Crippen LogP contribution >= 0.6 is 11.8 Å². The maximum absolute atomic E-state index is 11.1. The number of hydrogen-bond donors (Lipinski definition) is 0. The molecule has 1 fully saturated rings. The van der Waals surface area contributed by atoms with E-state index in [0.29, 0.717) is 13.0 Å². The summed E-state index contributed by atoms with van der Waals surface area (Å²) in [6.07, 6.45) is 5.95. The van der Waals surface area contributed by atoms with E-state index < -0.39 is 0 Å². The molecule has 0 aromatic heterocycles. The van der Waals surface area contributed by atoms with Crippen molar-refractivity contribution in [3.63, 3.8) is 0 Å². The Morgan fingerprint density at radius 2 is 2.00 bits per heavy atom. The second-order valence-corrected chi connectivity index (χ2v) is 5.72. The molecule has 0 heterocycles. The van der Waals surface area contributed by atoms with Crippen molar-refractivity contribution in [2.45, 2.75) is 51.2 Å². The molecule has 0 bridgehead atoms. The minimum atomic E-state index is -0.0471. The molecule has 0 saturated heterocycles. The van der Waals surface area contributed by atoms with E-state index in [1.54, 1.807) is 0 Å². The molecule has 1 saturated carbocycles. The van der Waals surface area contributed by atoms with Crippen LogP contribution in [0.25, 0.3) is 0 Å². The third-order valence-corrected chi connectivity index (χ3v) is 4.31. The fourth-order valence-corrected chi connectivity index (χ4v) is 3.16. The largest absolute Gasteiger partial charge is 0.466 e. The third kappa shape index (κ3) is 5.45. The highest BCUT2D eigenvalue weighted by Crippen LogP contribution is 2.31. The van der Waals surface area contributed by atoms with Crippen LogP contribution in [0.15, 0.2) is 0 Å². The van der Waals surface area contributed by atoms with E-state index in [2.05, 4.69) is 6.92 Å². The Kier molecular flexibility index (Phi) is 6.15. The van der Waals surface area contributed by atoms with Gasteiger partial charge in [-0.2, -0.15) is 11.8 Å². The summed E-state index contributed by atoms with van der Waals surface area (Å²) in [5.41, 5.74) is 0. The number of thioether (sulfide) groups is 1. The zero-order valence-electron chi connectivity index (χ0n) is 9.83. The molecule has 1 aliphatic carbocycles. The van der Waals surface area contributed by atoms with Crippen molar-refractivity contribution < 1.29 is 9.53 Å². The molecule has 15 heavy (non-hydrogen) atoms. The number of carbonyl (C=O) groups is 1. The van der Waals surface area contributed by atoms with E-state index in [4.69, 9.17) is 4.74 Å². The van der Waals surface area contributed by atoms with E-state index in [1.165, 1.54) is 25.7 Å². The number of esters is 1. The standard InChI is InChI=1S/C12H22O2S/c1-3-14-12(13)8-9-15-11-6-4-10(2)5-7-11/h10-11H,3-9H2,1-2H3. The Balaban J connectivity index is 2.02. The van der Waals surface area contributed by atoms with Gasteiger partial charge in [-0.05, 0) is 38.5 Å². The highest BCUT2D eigenvalue weighted by atomic mass is 32.2. The van der Waals surface area contributed by atoms with Crippen molar-refractivity contribution in [2.75, 3.05) is 12.4 Å². The van der Waals surface area contributed by atoms with Gasteiger partial charge in [0.25, 0.3) is 0 Å².